The zero-order valence-electron chi connectivity index (χ0n) is 11.9. The van der Waals surface area contributed by atoms with Gasteiger partial charge in [-0.15, -0.1) is 0 Å². The van der Waals surface area contributed by atoms with Gasteiger partial charge in [0, 0.05) is 25.2 Å². The predicted octanol–water partition coefficient (Wildman–Crippen LogP) is 2.01. The highest BCUT2D eigenvalue weighted by molar-refractivity contribution is 5.14. The van der Waals surface area contributed by atoms with Crippen molar-refractivity contribution < 1.29 is 5.11 Å². The van der Waals surface area contributed by atoms with E-state index in [0.717, 1.165) is 13.1 Å². The first-order valence-electron chi connectivity index (χ1n) is 7.39. The molecule has 1 aromatic rings. The SMILES string of the molecule is CNC1CCC(N(CCO)Cc2ccccc2)CC1. The second-order valence-corrected chi connectivity index (χ2v) is 5.47. The summed E-state index contributed by atoms with van der Waals surface area (Å²) in [6.45, 7) is 1.98. The van der Waals surface area contributed by atoms with Crippen LogP contribution in [0.3, 0.4) is 0 Å². The van der Waals surface area contributed by atoms with E-state index in [1.807, 2.05) is 0 Å². The Kier molecular flexibility index (Phi) is 5.83. The third-order valence-electron chi connectivity index (χ3n) is 4.24. The van der Waals surface area contributed by atoms with Crippen LogP contribution in [0.5, 0.6) is 0 Å². The van der Waals surface area contributed by atoms with Crippen molar-refractivity contribution in [3.8, 4) is 0 Å². The van der Waals surface area contributed by atoms with Crippen molar-refractivity contribution in [2.24, 2.45) is 0 Å². The Balaban J connectivity index is 1.92. The van der Waals surface area contributed by atoms with E-state index in [2.05, 4.69) is 47.6 Å². The number of aliphatic hydroxyl groups is 1. The van der Waals surface area contributed by atoms with E-state index < -0.39 is 0 Å². The van der Waals surface area contributed by atoms with Crippen LogP contribution in [0.15, 0.2) is 30.3 Å². The predicted molar refractivity (Wildman–Crippen MR) is 79.0 cm³/mol. The molecule has 1 aromatic carbocycles. The van der Waals surface area contributed by atoms with E-state index in [0.29, 0.717) is 12.1 Å². The molecule has 19 heavy (non-hydrogen) atoms. The van der Waals surface area contributed by atoms with Gasteiger partial charge in [0.05, 0.1) is 6.61 Å². The molecule has 0 amide bonds. The lowest BCUT2D eigenvalue weighted by Crippen LogP contribution is -2.42. The Bertz CT molecular complexity index is 347. The maximum atomic E-state index is 9.29. The van der Waals surface area contributed by atoms with Crippen LogP contribution in [0.2, 0.25) is 0 Å². The summed E-state index contributed by atoms with van der Waals surface area (Å²) in [6.07, 6.45) is 4.96. The monoisotopic (exact) mass is 262 g/mol. The molecule has 0 aliphatic heterocycles. The molecule has 0 spiro atoms. The molecule has 0 heterocycles. The number of aliphatic hydroxyl groups excluding tert-OH is 1. The van der Waals surface area contributed by atoms with Crippen molar-refractivity contribution in [3.63, 3.8) is 0 Å². The van der Waals surface area contributed by atoms with Crippen molar-refractivity contribution in [2.75, 3.05) is 20.2 Å². The molecule has 3 heteroatoms. The van der Waals surface area contributed by atoms with E-state index in [4.69, 9.17) is 0 Å². The van der Waals surface area contributed by atoms with Gasteiger partial charge in [-0.3, -0.25) is 4.90 Å². The third-order valence-corrected chi connectivity index (χ3v) is 4.24. The molecule has 3 nitrogen and oxygen atoms in total. The minimum absolute atomic E-state index is 0.249. The summed E-state index contributed by atoms with van der Waals surface area (Å²) < 4.78 is 0. The normalized spacial score (nSPS) is 23.7. The molecular formula is C16H26N2O. The van der Waals surface area contributed by atoms with Gasteiger partial charge in [0.15, 0.2) is 0 Å². The summed E-state index contributed by atoms with van der Waals surface area (Å²) in [5, 5.41) is 12.7. The first-order valence-corrected chi connectivity index (χ1v) is 7.39. The van der Waals surface area contributed by atoms with Gasteiger partial charge in [0.25, 0.3) is 0 Å². The maximum Gasteiger partial charge on any atom is 0.0558 e. The molecule has 106 valence electrons. The Hall–Kier alpha value is -0.900. The van der Waals surface area contributed by atoms with Crippen LogP contribution in [0.4, 0.5) is 0 Å². The Morgan fingerprint density at radius 3 is 2.42 bits per heavy atom. The van der Waals surface area contributed by atoms with Crippen LogP contribution in [0.1, 0.15) is 31.2 Å². The summed E-state index contributed by atoms with van der Waals surface area (Å²) in [4.78, 5) is 2.45. The molecule has 1 fully saturated rings. The number of hydrogen-bond acceptors (Lipinski definition) is 3. The molecule has 2 rings (SSSR count). The van der Waals surface area contributed by atoms with Crippen LogP contribution >= 0.6 is 0 Å². The first kappa shape index (κ1) is 14.5. The smallest absolute Gasteiger partial charge is 0.0558 e. The zero-order chi connectivity index (χ0) is 13.5. The second-order valence-electron chi connectivity index (χ2n) is 5.47. The summed E-state index contributed by atoms with van der Waals surface area (Å²) in [5.74, 6) is 0. The van der Waals surface area contributed by atoms with E-state index in [1.54, 1.807) is 0 Å². The van der Waals surface area contributed by atoms with Crippen LogP contribution in [0.25, 0.3) is 0 Å². The first-order chi connectivity index (χ1) is 9.33. The standard InChI is InChI=1S/C16H26N2O/c1-17-15-7-9-16(10-8-15)18(11-12-19)13-14-5-3-2-4-6-14/h2-6,15-17,19H,7-13H2,1H3. The number of benzene rings is 1. The van der Waals surface area contributed by atoms with Gasteiger partial charge < -0.3 is 10.4 Å². The summed E-state index contributed by atoms with van der Waals surface area (Å²) in [7, 11) is 2.06. The van der Waals surface area contributed by atoms with Gasteiger partial charge in [0.1, 0.15) is 0 Å². The van der Waals surface area contributed by atoms with E-state index >= 15 is 0 Å². The van der Waals surface area contributed by atoms with Crippen molar-refractivity contribution >= 4 is 0 Å². The van der Waals surface area contributed by atoms with Gasteiger partial charge in [-0.05, 0) is 38.3 Å². The fraction of sp³-hybridized carbons (Fsp3) is 0.625. The molecule has 0 unspecified atom stereocenters. The second kappa shape index (κ2) is 7.63. The molecule has 1 aliphatic carbocycles. The number of hydrogen-bond donors (Lipinski definition) is 2. The average Bonchev–Trinajstić information content (AvgIpc) is 2.48. The van der Waals surface area contributed by atoms with Crippen molar-refractivity contribution in [1.29, 1.82) is 0 Å². The van der Waals surface area contributed by atoms with Gasteiger partial charge in [-0.1, -0.05) is 30.3 Å². The zero-order valence-corrected chi connectivity index (χ0v) is 11.9. The van der Waals surface area contributed by atoms with Crippen LogP contribution in [-0.2, 0) is 6.54 Å². The van der Waals surface area contributed by atoms with Crippen LogP contribution in [-0.4, -0.2) is 42.3 Å². The lowest BCUT2D eigenvalue weighted by Gasteiger charge is -2.36. The van der Waals surface area contributed by atoms with E-state index in [1.165, 1.54) is 31.2 Å². The average molecular weight is 262 g/mol. The van der Waals surface area contributed by atoms with E-state index in [9.17, 15) is 5.11 Å². The van der Waals surface area contributed by atoms with Gasteiger partial charge >= 0.3 is 0 Å². The largest absolute Gasteiger partial charge is 0.395 e. The van der Waals surface area contributed by atoms with Crippen molar-refractivity contribution in [1.82, 2.24) is 10.2 Å². The Morgan fingerprint density at radius 1 is 1.16 bits per heavy atom. The van der Waals surface area contributed by atoms with Crippen LogP contribution in [0, 0.1) is 0 Å². The lowest BCUT2D eigenvalue weighted by molar-refractivity contribution is 0.110. The van der Waals surface area contributed by atoms with E-state index in [-0.39, 0.29) is 6.61 Å². The van der Waals surface area contributed by atoms with Gasteiger partial charge in [-0.25, -0.2) is 0 Å². The summed E-state index contributed by atoms with van der Waals surface area (Å²) in [5.41, 5.74) is 1.34. The number of rotatable bonds is 6. The molecule has 0 saturated heterocycles. The molecule has 2 N–H and O–H groups in total. The minimum atomic E-state index is 0.249. The molecule has 1 aliphatic rings. The molecular weight excluding hydrogens is 236 g/mol. The summed E-state index contributed by atoms with van der Waals surface area (Å²) in [6, 6.07) is 11.9. The molecule has 1 saturated carbocycles. The minimum Gasteiger partial charge on any atom is -0.395 e. The fourth-order valence-electron chi connectivity index (χ4n) is 3.07. The van der Waals surface area contributed by atoms with Gasteiger partial charge in [-0.2, -0.15) is 0 Å². The Morgan fingerprint density at radius 2 is 1.84 bits per heavy atom. The quantitative estimate of drug-likeness (QED) is 0.823. The number of nitrogens with one attached hydrogen (secondary N) is 1. The summed E-state index contributed by atoms with van der Waals surface area (Å²) >= 11 is 0. The molecule has 0 atom stereocenters. The molecule has 0 bridgehead atoms. The molecule has 0 aromatic heterocycles. The fourth-order valence-corrected chi connectivity index (χ4v) is 3.07. The van der Waals surface area contributed by atoms with Crippen LogP contribution < -0.4 is 5.32 Å². The lowest BCUT2D eigenvalue weighted by atomic mass is 9.90. The maximum absolute atomic E-state index is 9.29. The number of nitrogens with zero attached hydrogens (tertiary/aromatic N) is 1. The highest BCUT2D eigenvalue weighted by Gasteiger charge is 2.24. The molecule has 0 radical (unpaired) electrons. The third kappa shape index (κ3) is 4.30. The van der Waals surface area contributed by atoms with Crippen molar-refractivity contribution in [3.05, 3.63) is 35.9 Å². The van der Waals surface area contributed by atoms with Gasteiger partial charge in [0.2, 0.25) is 0 Å². The topological polar surface area (TPSA) is 35.5 Å². The van der Waals surface area contributed by atoms with Crippen molar-refractivity contribution in [2.45, 2.75) is 44.3 Å². The Labute approximate surface area is 116 Å². The highest BCUT2D eigenvalue weighted by atomic mass is 16.3. The highest BCUT2D eigenvalue weighted by Crippen LogP contribution is 2.24.